The number of amides is 1. The number of carbonyl (C=O) groups is 2. The molecule has 0 unspecified atom stereocenters. The number of nitrogens with two attached hydrogens (primary N) is 1. The molecule has 0 aliphatic heterocycles. The van der Waals surface area contributed by atoms with E-state index in [9.17, 15) is 9.59 Å². The Hall–Kier alpha value is -1.16. The molecule has 0 radical (unpaired) electrons. The van der Waals surface area contributed by atoms with E-state index in [0.717, 1.165) is 12.7 Å². The lowest BCUT2D eigenvalue weighted by Gasteiger charge is -2.13. The molecular weight excluding hydrogens is 180 g/mol. The standard InChI is InChI=1S/C10H18N2O2/c1-12(8-4-2-3-7-11)10(14)6-5-9-13/h2,4,9H,3,5-8,11H2,1H3/b4-2+. The molecule has 0 heterocycles. The van der Waals surface area contributed by atoms with Gasteiger partial charge in [-0.1, -0.05) is 12.2 Å². The highest BCUT2D eigenvalue weighted by atomic mass is 16.2. The quantitative estimate of drug-likeness (QED) is 0.473. The van der Waals surface area contributed by atoms with Gasteiger partial charge in [0.25, 0.3) is 0 Å². The van der Waals surface area contributed by atoms with Crippen LogP contribution in [0.2, 0.25) is 0 Å². The van der Waals surface area contributed by atoms with Gasteiger partial charge in [-0.3, -0.25) is 4.79 Å². The van der Waals surface area contributed by atoms with Crippen LogP contribution in [0.3, 0.4) is 0 Å². The van der Waals surface area contributed by atoms with E-state index >= 15 is 0 Å². The average Bonchev–Trinajstić information content (AvgIpc) is 2.20. The first-order valence-corrected chi connectivity index (χ1v) is 4.75. The molecule has 0 fully saturated rings. The first-order chi connectivity index (χ1) is 6.72. The summed E-state index contributed by atoms with van der Waals surface area (Å²) in [6.07, 6.45) is 6.04. The summed E-state index contributed by atoms with van der Waals surface area (Å²) in [5.74, 6) is -0.00509. The smallest absolute Gasteiger partial charge is 0.223 e. The number of aldehydes is 1. The zero-order chi connectivity index (χ0) is 10.8. The van der Waals surface area contributed by atoms with Crippen LogP contribution >= 0.6 is 0 Å². The Morgan fingerprint density at radius 1 is 1.36 bits per heavy atom. The van der Waals surface area contributed by atoms with E-state index < -0.39 is 0 Å². The summed E-state index contributed by atoms with van der Waals surface area (Å²) >= 11 is 0. The lowest BCUT2D eigenvalue weighted by molar-refractivity contribution is -0.130. The Morgan fingerprint density at radius 2 is 2.07 bits per heavy atom. The van der Waals surface area contributed by atoms with Crippen LogP contribution in [0.5, 0.6) is 0 Å². The number of hydrogen-bond donors (Lipinski definition) is 1. The summed E-state index contributed by atoms with van der Waals surface area (Å²) in [5, 5.41) is 0. The van der Waals surface area contributed by atoms with Gasteiger partial charge in [-0.25, -0.2) is 0 Å². The highest BCUT2D eigenvalue weighted by molar-refractivity contribution is 5.78. The highest BCUT2D eigenvalue weighted by Crippen LogP contribution is 1.94. The number of nitrogens with zero attached hydrogens (tertiary/aromatic N) is 1. The van der Waals surface area contributed by atoms with Gasteiger partial charge in [-0.15, -0.1) is 0 Å². The minimum Gasteiger partial charge on any atom is -0.342 e. The van der Waals surface area contributed by atoms with Crippen molar-refractivity contribution in [3.63, 3.8) is 0 Å². The van der Waals surface area contributed by atoms with Crippen LogP contribution in [0.4, 0.5) is 0 Å². The molecule has 0 spiro atoms. The minimum atomic E-state index is -0.00509. The SMILES string of the molecule is CN(C/C=C/CCN)C(=O)CCC=O. The molecule has 0 aliphatic rings. The van der Waals surface area contributed by atoms with Gasteiger partial charge in [-0.2, -0.15) is 0 Å². The van der Waals surface area contributed by atoms with Gasteiger partial charge in [0.15, 0.2) is 0 Å². The molecule has 0 aromatic carbocycles. The van der Waals surface area contributed by atoms with Crippen LogP contribution in [0.1, 0.15) is 19.3 Å². The van der Waals surface area contributed by atoms with Crippen LogP contribution < -0.4 is 5.73 Å². The molecule has 0 rings (SSSR count). The van der Waals surface area contributed by atoms with Gasteiger partial charge >= 0.3 is 0 Å². The van der Waals surface area contributed by atoms with Gasteiger partial charge in [-0.05, 0) is 13.0 Å². The second-order valence-corrected chi connectivity index (χ2v) is 3.03. The Morgan fingerprint density at radius 3 is 2.64 bits per heavy atom. The van der Waals surface area contributed by atoms with E-state index in [2.05, 4.69) is 0 Å². The highest BCUT2D eigenvalue weighted by Gasteiger charge is 2.05. The first-order valence-electron chi connectivity index (χ1n) is 4.75. The molecule has 0 atom stereocenters. The molecule has 14 heavy (non-hydrogen) atoms. The Kier molecular flexibility index (Phi) is 7.74. The van der Waals surface area contributed by atoms with Crippen molar-refractivity contribution in [2.45, 2.75) is 19.3 Å². The summed E-state index contributed by atoms with van der Waals surface area (Å²) in [6.45, 7) is 1.21. The van der Waals surface area contributed by atoms with Crippen molar-refractivity contribution in [2.24, 2.45) is 5.73 Å². The van der Waals surface area contributed by atoms with Gasteiger partial charge in [0.1, 0.15) is 6.29 Å². The molecular formula is C10H18N2O2. The molecule has 0 bridgehead atoms. The summed E-state index contributed by atoms with van der Waals surface area (Å²) < 4.78 is 0. The Bertz CT molecular complexity index is 202. The summed E-state index contributed by atoms with van der Waals surface area (Å²) in [6, 6.07) is 0. The normalized spacial score (nSPS) is 10.4. The third-order valence-electron chi connectivity index (χ3n) is 1.78. The fourth-order valence-electron chi connectivity index (χ4n) is 0.922. The van der Waals surface area contributed by atoms with Crippen LogP contribution in [-0.2, 0) is 9.59 Å². The summed E-state index contributed by atoms with van der Waals surface area (Å²) in [7, 11) is 1.72. The van der Waals surface area contributed by atoms with E-state index in [4.69, 9.17) is 5.73 Å². The monoisotopic (exact) mass is 198 g/mol. The van der Waals surface area contributed by atoms with Crippen molar-refractivity contribution in [3.05, 3.63) is 12.2 Å². The van der Waals surface area contributed by atoms with Crippen LogP contribution in [-0.4, -0.2) is 37.2 Å². The minimum absolute atomic E-state index is 0.00509. The van der Waals surface area contributed by atoms with Gasteiger partial charge in [0.2, 0.25) is 5.91 Å². The molecule has 1 amide bonds. The van der Waals surface area contributed by atoms with E-state index in [0.29, 0.717) is 25.9 Å². The van der Waals surface area contributed by atoms with Crippen LogP contribution in [0.15, 0.2) is 12.2 Å². The third-order valence-corrected chi connectivity index (χ3v) is 1.78. The van der Waals surface area contributed by atoms with Crippen LogP contribution in [0.25, 0.3) is 0 Å². The largest absolute Gasteiger partial charge is 0.342 e. The maximum Gasteiger partial charge on any atom is 0.223 e. The Balaban J connectivity index is 3.66. The average molecular weight is 198 g/mol. The first kappa shape index (κ1) is 12.8. The lowest BCUT2D eigenvalue weighted by atomic mass is 10.3. The molecule has 0 aromatic heterocycles. The molecule has 0 saturated heterocycles. The van der Waals surface area contributed by atoms with E-state index in [1.807, 2.05) is 12.2 Å². The van der Waals surface area contributed by atoms with Gasteiger partial charge < -0.3 is 15.4 Å². The fourth-order valence-corrected chi connectivity index (χ4v) is 0.922. The zero-order valence-electron chi connectivity index (χ0n) is 8.61. The van der Waals surface area contributed by atoms with E-state index in [1.54, 1.807) is 11.9 Å². The van der Waals surface area contributed by atoms with E-state index in [-0.39, 0.29) is 5.91 Å². The molecule has 2 N–H and O–H groups in total. The predicted molar refractivity (Wildman–Crippen MR) is 55.7 cm³/mol. The van der Waals surface area contributed by atoms with Crippen molar-refractivity contribution >= 4 is 12.2 Å². The van der Waals surface area contributed by atoms with Crippen molar-refractivity contribution < 1.29 is 9.59 Å². The number of likely N-dealkylation sites (N-methyl/N-ethyl adjacent to an activating group) is 1. The van der Waals surface area contributed by atoms with Crippen LogP contribution in [0, 0.1) is 0 Å². The maximum atomic E-state index is 11.3. The van der Waals surface area contributed by atoms with Crippen molar-refractivity contribution in [2.75, 3.05) is 20.1 Å². The lowest BCUT2D eigenvalue weighted by Crippen LogP contribution is -2.26. The topological polar surface area (TPSA) is 63.4 Å². The zero-order valence-corrected chi connectivity index (χ0v) is 8.61. The summed E-state index contributed by atoms with van der Waals surface area (Å²) in [4.78, 5) is 22.9. The summed E-state index contributed by atoms with van der Waals surface area (Å²) in [5.41, 5.74) is 5.30. The molecule has 0 aromatic rings. The molecule has 4 nitrogen and oxygen atoms in total. The Labute approximate surface area is 84.8 Å². The van der Waals surface area contributed by atoms with Gasteiger partial charge in [0.05, 0.1) is 0 Å². The van der Waals surface area contributed by atoms with E-state index in [1.165, 1.54) is 0 Å². The number of carbonyl (C=O) groups excluding carboxylic acids is 2. The molecule has 4 heteroatoms. The number of rotatable bonds is 7. The van der Waals surface area contributed by atoms with Gasteiger partial charge in [0, 0.05) is 26.4 Å². The second kappa shape index (κ2) is 8.44. The van der Waals surface area contributed by atoms with Crippen molar-refractivity contribution in [3.8, 4) is 0 Å². The molecule has 80 valence electrons. The second-order valence-electron chi connectivity index (χ2n) is 3.03. The van der Waals surface area contributed by atoms with Crippen molar-refractivity contribution in [1.29, 1.82) is 0 Å². The van der Waals surface area contributed by atoms with Crippen molar-refractivity contribution in [1.82, 2.24) is 4.90 Å². The molecule has 0 saturated carbocycles. The predicted octanol–water partition coefficient (Wildman–Crippen LogP) is 0.329. The third kappa shape index (κ3) is 6.37. The number of hydrogen-bond acceptors (Lipinski definition) is 3. The molecule has 0 aliphatic carbocycles. The fraction of sp³-hybridized carbons (Fsp3) is 0.600. The maximum absolute atomic E-state index is 11.3.